The number of rotatable bonds is 10. The third-order valence-electron chi connectivity index (χ3n) is 15.3. The highest BCUT2D eigenvalue weighted by Gasteiger charge is 2.53. The van der Waals surface area contributed by atoms with Gasteiger partial charge in [-0.05, 0) is 113 Å². The van der Waals surface area contributed by atoms with Crippen molar-refractivity contribution in [1.29, 1.82) is 0 Å². The van der Waals surface area contributed by atoms with Crippen LogP contribution < -0.4 is 0 Å². The van der Waals surface area contributed by atoms with E-state index in [-0.39, 0.29) is 37.5 Å². The highest BCUT2D eigenvalue weighted by molar-refractivity contribution is 5.82. The first-order chi connectivity index (χ1) is 32.9. The number of fused-ring (bicyclic) bond motifs is 1. The van der Waals surface area contributed by atoms with Gasteiger partial charge in [0.05, 0.1) is 47.1 Å². The fraction of sp³-hybridized carbons (Fsp3) is 0.717. The van der Waals surface area contributed by atoms with Gasteiger partial charge < -0.3 is 67.9 Å². The van der Waals surface area contributed by atoms with Crippen molar-refractivity contribution in [2.75, 3.05) is 41.4 Å². The third kappa shape index (κ3) is 12.4. The quantitative estimate of drug-likeness (QED) is 0.153. The molecule has 3 fully saturated rings. The fourth-order valence-corrected chi connectivity index (χ4v) is 10.9. The van der Waals surface area contributed by atoms with Crippen LogP contribution in [-0.2, 0) is 38.0 Å². The van der Waals surface area contributed by atoms with Crippen LogP contribution in [-0.4, -0.2) is 178 Å². The van der Waals surface area contributed by atoms with E-state index in [2.05, 4.69) is 28.9 Å². The number of benzene rings is 1. The Morgan fingerprint density at radius 2 is 1.67 bits per heavy atom. The minimum Gasteiger partial charge on any atom is -0.459 e. The number of nitrogens with zero attached hydrogens (tertiary/aromatic N) is 4. The number of esters is 1. The Morgan fingerprint density at radius 1 is 0.957 bits per heavy atom. The van der Waals surface area contributed by atoms with Crippen LogP contribution in [0.25, 0.3) is 22.2 Å². The highest BCUT2D eigenvalue weighted by Crippen LogP contribution is 2.41. The number of aliphatic hydroxyl groups excluding tert-OH is 3. The standard InChI is InChI=1S/C53H80N4O13/c1-15-42-53(10,62)46(59)34(6)57(13)29-30(2)26-52(9,64-22-18-20-38-25-40(55-70-38)37-24-36-19-16-17-21-39(36)54-28-37)48(69-50-44(58)41(56(11)12)23-31(3)65-50)32(4)45(33(5)49(61)67-42)68-43-27-51(8,63-14)47(60)35(7)66-43/h16-17,19,21,24-25,28,30-35,41-48,50,58-60,62H,15,22-23,26-27,29H2,1-14H3/t30-,31-,32+,33-,34-,35?,41+,42-,43?,44-,45+,46-,47?,48-,50+,51?,52-,53-/m1/s1. The molecule has 2 aromatic heterocycles. The average Bonchev–Trinajstić information content (AvgIpc) is 3.80. The molecule has 0 saturated carbocycles. The molecule has 17 heteroatoms. The van der Waals surface area contributed by atoms with E-state index in [1.165, 1.54) is 14.0 Å². The number of carbonyl (C=O) groups is 1. The molecule has 390 valence electrons. The van der Waals surface area contributed by atoms with Crippen LogP contribution in [0.4, 0.5) is 0 Å². The van der Waals surface area contributed by atoms with Gasteiger partial charge in [-0.3, -0.25) is 9.78 Å². The molecule has 0 spiro atoms. The minimum atomic E-state index is -1.84. The van der Waals surface area contributed by atoms with Crippen LogP contribution in [0, 0.1) is 29.6 Å². The molecule has 1 aromatic carbocycles. The molecule has 4 unspecified atom stereocenters. The molecule has 3 aliphatic heterocycles. The second-order valence-electron chi connectivity index (χ2n) is 21.2. The first kappa shape index (κ1) is 55.7. The Morgan fingerprint density at radius 3 is 2.36 bits per heavy atom. The number of aromatic nitrogens is 2. The van der Waals surface area contributed by atoms with E-state index in [1.807, 2.05) is 89.0 Å². The summed E-state index contributed by atoms with van der Waals surface area (Å²) in [5.74, 6) is 3.90. The summed E-state index contributed by atoms with van der Waals surface area (Å²) in [6, 6.07) is 10.7. The van der Waals surface area contributed by atoms with Gasteiger partial charge in [-0.25, -0.2) is 0 Å². The predicted molar refractivity (Wildman–Crippen MR) is 262 cm³/mol. The first-order valence-corrected chi connectivity index (χ1v) is 24.9. The molecule has 0 radical (unpaired) electrons. The molecule has 3 aliphatic rings. The maximum absolute atomic E-state index is 14.7. The summed E-state index contributed by atoms with van der Waals surface area (Å²) in [7, 11) is 7.21. The molecule has 0 amide bonds. The van der Waals surface area contributed by atoms with Crippen LogP contribution in [0.15, 0.2) is 47.1 Å². The van der Waals surface area contributed by atoms with Gasteiger partial charge >= 0.3 is 5.97 Å². The second kappa shape index (κ2) is 23.1. The lowest BCUT2D eigenvalue weighted by atomic mass is 9.77. The first-order valence-electron chi connectivity index (χ1n) is 24.9. The van der Waals surface area contributed by atoms with Crippen molar-refractivity contribution in [3.8, 4) is 23.1 Å². The van der Waals surface area contributed by atoms with Crippen molar-refractivity contribution >= 4 is 16.9 Å². The van der Waals surface area contributed by atoms with Crippen LogP contribution in [0.3, 0.4) is 0 Å². The van der Waals surface area contributed by atoms with Gasteiger partial charge in [0.25, 0.3) is 0 Å². The number of hydrogen-bond donors (Lipinski definition) is 4. The summed E-state index contributed by atoms with van der Waals surface area (Å²) in [6.45, 7) is 18.5. The van der Waals surface area contributed by atoms with E-state index in [0.717, 1.165) is 16.5 Å². The molecule has 17 nitrogen and oxygen atoms in total. The summed E-state index contributed by atoms with van der Waals surface area (Å²) < 4.78 is 51.6. The predicted octanol–water partition coefficient (Wildman–Crippen LogP) is 5.18. The molecular weight excluding hydrogens is 901 g/mol. The van der Waals surface area contributed by atoms with Crippen LogP contribution in [0.1, 0.15) is 101 Å². The molecule has 3 aromatic rings. The summed E-state index contributed by atoms with van der Waals surface area (Å²) in [5.41, 5.74) is -1.93. The van der Waals surface area contributed by atoms with Gasteiger partial charge in [-0.2, -0.15) is 0 Å². The number of ether oxygens (including phenoxy) is 7. The lowest BCUT2D eigenvalue weighted by molar-refractivity contribution is -0.320. The third-order valence-corrected chi connectivity index (χ3v) is 15.3. The monoisotopic (exact) mass is 981 g/mol. The summed E-state index contributed by atoms with van der Waals surface area (Å²) >= 11 is 0. The molecule has 6 rings (SSSR count). The maximum atomic E-state index is 14.7. The van der Waals surface area contributed by atoms with Crippen LogP contribution >= 0.6 is 0 Å². The number of hydrogen-bond acceptors (Lipinski definition) is 17. The van der Waals surface area contributed by atoms with Crippen LogP contribution in [0.5, 0.6) is 0 Å². The number of carbonyl (C=O) groups excluding carboxylic acids is 1. The van der Waals surface area contributed by atoms with Gasteiger partial charge in [0.2, 0.25) is 5.76 Å². The van der Waals surface area contributed by atoms with Crippen molar-refractivity contribution in [3.05, 3.63) is 48.4 Å². The zero-order valence-corrected chi connectivity index (χ0v) is 43.7. The number of likely N-dealkylation sites (N-methyl/N-ethyl adjacent to an activating group) is 2. The molecule has 0 bridgehead atoms. The second-order valence-corrected chi connectivity index (χ2v) is 21.2. The molecule has 70 heavy (non-hydrogen) atoms. The van der Waals surface area contributed by atoms with Crippen molar-refractivity contribution < 1.29 is 62.9 Å². The SMILES string of the molecule is CC[C@H]1OC(=O)[C@H](C)[C@@H](OC2CC(C)(OC)C(O)C(C)O2)[C@H](C)[C@@H](O[C@@H]2O[C@H](C)C[C@H](N(C)C)[C@H]2O)[C@](C)(OCC#Cc2cc(-c3cnc4ccccc4c3)no2)C[C@@H](C)CN(C)[C@H](C)[C@@H](O)[C@]1(C)O. The van der Waals surface area contributed by atoms with E-state index >= 15 is 0 Å². The average molecular weight is 981 g/mol. The molecule has 5 heterocycles. The Kier molecular flexibility index (Phi) is 18.4. The van der Waals surface area contributed by atoms with Crippen molar-refractivity contribution in [3.63, 3.8) is 0 Å². The van der Waals surface area contributed by atoms with E-state index < -0.39 is 96.0 Å². The lowest BCUT2D eigenvalue weighted by Gasteiger charge is -2.49. The molecule has 4 N–H and O–H groups in total. The largest absolute Gasteiger partial charge is 0.459 e. The molecule has 18 atom stereocenters. The van der Waals surface area contributed by atoms with Crippen molar-refractivity contribution in [2.45, 2.75) is 185 Å². The van der Waals surface area contributed by atoms with E-state index in [0.29, 0.717) is 30.8 Å². The van der Waals surface area contributed by atoms with E-state index in [4.69, 9.17) is 37.7 Å². The maximum Gasteiger partial charge on any atom is 0.311 e. The lowest BCUT2D eigenvalue weighted by Crippen LogP contribution is -2.61. The van der Waals surface area contributed by atoms with Gasteiger partial charge in [-0.1, -0.05) is 50.0 Å². The summed E-state index contributed by atoms with van der Waals surface area (Å²) in [6.07, 6.45) is -6.62. The minimum absolute atomic E-state index is 0.101. The number of aliphatic hydroxyl groups is 4. The van der Waals surface area contributed by atoms with Gasteiger partial charge in [-0.15, -0.1) is 0 Å². The molecular formula is C53H80N4O13. The number of pyridine rings is 1. The summed E-state index contributed by atoms with van der Waals surface area (Å²) in [4.78, 5) is 23.2. The number of methoxy groups -OCH3 is 1. The van der Waals surface area contributed by atoms with Crippen molar-refractivity contribution in [1.82, 2.24) is 19.9 Å². The summed E-state index contributed by atoms with van der Waals surface area (Å²) in [5, 5.41) is 52.2. The van der Waals surface area contributed by atoms with Crippen molar-refractivity contribution in [2.24, 2.45) is 17.8 Å². The van der Waals surface area contributed by atoms with E-state index in [1.54, 1.807) is 40.0 Å². The smallest absolute Gasteiger partial charge is 0.311 e. The zero-order valence-electron chi connectivity index (χ0n) is 43.7. The topological polar surface area (TPSA) is 208 Å². The highest BCUT2D eigenvalue weighted by atomic mass is 16.7. The van der Waals surface area contributed by atoms with Crippen LogP contribution in [0.2, 0.25) is 0 Å². The zero-order chi connectivity index (χ0) is 51.5. The Labute approximate surface area is 414 Å². The normalized spacial score (nSPS) is 39.7. The van der Waals surface area contributed by atoms with Gasteiger partial charge in [0.15, 0.2) is 12.6 Å². The van der Waals surface area contributed by atoms with E-state index in [9.17, 15) is 25.2 Å². The Balaban J connectivity index is 1.44. The number of cyclic esters (lactones) is 1. The fourth-order valence-electron chi connectivity index (χ4n) is 10.9. The Bertz CT molecular complexity index is 2250. The number of para-hydroxylation sites is 1. The molecule has 3 saturated heterocycles. The van der Waals surface area contributed by atoms with Gasteiger partial charge in [0.1, 0.15) is 42.3 Å². The molecule has 0 aliphatic carbocycles. The Hall–Kier alpha value is -3.61. The van der Waals surface area contributed by atoms with Gasteiger partial charge in [0, 0.05) is 61.3 Å².